The van der Waals surface area contributed by atoms with Crippen molar-refractivity contribution in [3.8, 4) is 0 Å². The standard InChI is InChI=1S/C25H29N5O4/c1-17(19-10-6-4-7-11-19)27-24(32)29-22(23(31)34-3)14-21-15-30(16-26-21)25(33)28-18(2)20-12-8-5-9-13-20/h4-13,15-18,22H,14H2,1-3H3,(H,28,33)(H2,27,29,32)/t17-,18-,22+/m1/s1. The van der Waals surface area contributed by atoms with Crippen LogP contribution in [0.3, 0.4) is 0 Å². The second-order valence-electron chi connectivity index (χ2n) is 7.88. The molecule has 0 radical (unpaired) electrons. The highest BCUT2D eigenvalue weighted by Gasteiger charge is 2.24. The Kier molecular flexibility index (Phi) is 8.39. The lowest BCUT2D eigenvalue weighted by molar-refractivity contribution is -0.142. The lowest BCUT2D eigenvalue weighted by atomic mass is 10.1. The summed E-state index contributed by atoms with van der Waals surface area (Å²) in [4.78, 5) is 41.6. The minimum Gasteiger partial charge on any atom is -0.467 e. The summed E-state index contributed by atoms with van der Waals surface area (Å²) in [7, 11) is 1.25. The van der Waals surface area contributed by atoms with Crippen LogP contribution in [-0.2, 0) is 16.0 Å². The zero-order valence-electron chi connectivity index (χ0n) is 19.4. The zero-order chi connectivity index (χ0) is 24.5. The molecule has 3 amide bonds. The first-order chi connectivity index (χ1) is 16.4. The molecule has 0 spiro atoms. The van der Waals surface area contributed by atoms with Gasteiger partial charge >= 0.3 is 18.0 Å². The summed E-state index contributed by atoms with van der Waals surface area (Å²) in [5.74, 6) is -0.612. The molecule has 0 aliphatic rings. The molecule has 0 fully saturated rings. The van der Waals surface area contributed by atoms with Gasteiger partial charge in [0, 0.05) is 12.6 Å². The van der Waals surface area contributed by atoms with Crippen LogP contribution >= 0.6 is 0 Å². The molecule has 34 heavy (non-hydrogen) atoms. The topological polar surface area (TPSA) is 114 Å². The van der Waals surface area contributed by atoms with Gasteiger partial charge in [-0.3, -0.25) is 4.57 Å². The molecule has 0 bridgehead atoms. The number of amides is 3. The molecule has 3 aromatic rings. The van der Waals surface area contributed by atoms with Crippen LogP contribution in [0, 0.1) is 0 Å². The maximum absolute atomic E-state index is 12.6. The molecule has 1 heterocycles. The minimum absolute atomic E-state index is 0.0638. The third kappa shape index (κ3) is 6.68. The van der Waals surface area contributed by atoms with Crippen LogP contribution in [0.2, 0.25) is 0 Å². The second kappa shape index (κ2) is 11.6. The molecule has 0 saturated heterocycles. The molecule has 3 atom stereocenters. The van der Waals surface area contributed by atoms with Crippen LogP contribution in [0.5, 0.6) is 0 Å². The van der Waals surface area contributed by atoms with Gasteiger partial charge in [-0.05, 0) is 25.0 Å². The van der Waals surface area contributed by atoms with Crippen molar-refractivity contribution in [1.82, 2.24) is 25.5 Å². The van der Waals surface area contributed by atoms with Crippen LogP contribution in [0.25, 0.3) is 0 Å². The Morgan fingerprint density at radius 1 is 0.882 bits per heavy atom. The third-order valence-electron chi connectivity index (χ3n) is 5.36. The molecule has 0 unspecified atom stereocenters. The molecule has 0 saturated carbocycles. The summed E-state index contributed by atoms with van der Waals surface area (Å²) in [5, 5.41) is 8.33. The van der Waals surface area contributed by atoms with E-state index in [2.05, 4.69) is 20.9 Å². The van der Waals surface area contributed by atoms with E-state index in [0.717, 1.165) is 11.1 Å². The van der Waals surface area contributed by atoms with Gasteiger partial charge in [-0.2, -0.15) is 0 Å². The number of hydrogen-bond acceptors (Lipinski definition) is 5. The lowest BCUT2D eigenvalue weighted by Crippen LogP contribution is -2.48. The SMILES string of the molecule is COC(=O)[C@H](Cc1cn(C(=O)N[C@H](C)c2ccccc2)cn1)NC(=O)N[C@H](C)c1ccccc1. The van der Waals surface area contributed by atoms with Crippen molar-refractivity contribution in [2.24, 2.45) is 0 Å². The number of benzene rings is 2. The van der Waals surface area contributed by atoms with Crippen molar-refractivity contribution in [3.63, 3.8) is 0 Å². The van der Waals surface area contributed by atoms with Crippen LogP contribution < -0.4 is 16.0 Å². The molecule has 3 rings (SSSR count). The fraction of sp³-hybridized carbons (Fsp3) is 0.280. The van der Waals surface area contributed by atoms with E-state index >= 15 is 0 Å². The lowest BCUT2D eigenvalue weighted by Gasteiger charge is -2.19. The average Bonchev–Trinajstić information content (AvgIpc) is 3.33. The van der Waals surface area contributed by atoms with Gasteiger partial charge in [-0.25, -0.2) is 19.4 Å². The summed E-state index contributed by atoms with van der Waals surface area (Å²) in [6.45, 7) is 3.73. The molecule has 0 aliphatic heterocycles. The summed E-state index contributed by atoms with van der Waals surface area (Å²) >= 11 is 0. The molecular weight excluding hydrogens is 434 g/mol. The highest BCUT2D eigenvalue weighted by Crippen LogP contribution is 2.13. The number of urea groups is 1. The number of rotatable bonds is 8. The Morgan fingerprint density at radius 3 is 2.00 bits per heavy atom. The Labute approximate surface area is 198 Å². The Morgan fingerprint density at radius 2 is 1.44 bits per heavy atom. The predicted molar refractivity (Wildman–Crippen MR) is 127 cm³/mol. The fourth-order valence-electron chi connectivity index (χ4n) is 3.43. The van der Waals surface area contributed by atoms with Crippen LogP contribution in [-0.4, -0.2) is 40.7 Å². The van der Waals surface area contributed by atoms with Crippen molar-refractivity contribution in [2.75, 3.05) is 7.11 Å². The van der Waals surface area contributed by atoms with Crippen molar-refractivity contribution in [2.45, 2.75) is 38.4 Å². The van der Waals surface area contributed by atoms with Gasteiger partial charge in [0.15, 0.2) is 0 Å². The summed E-state index contributed by atoms with van der Waals surface area (Å²) in [6, 6.07) is 16.8. The minimum atomic E-state index is -0.970. The van der Waals surface area contributed by atoms with Gasteiger partial charge in [0.2, 0.25) is 0 Å². The average molecular weight is 464 g/mol. The van der Waals surface area contributed by atoms with E-state index in [1.54, 1.807) is 0 Å². The number of methoxy groups -OCH3 is 1. The van der Waals surface area contributed by atoms with Crippen LogP contribution in [0.4, 0.5) is 9.59 Å². The Balaban J connectivity index is 1.60. The highest BCUT2D eigenvalue weighted by atomic mass is 16.5. The number of aromatic nitrogens is 2. The first kappa shape index (κ1) is 24.5. The molecule has 9 heteroatoms. The van der Waals surface area contributed by atoms with E-state index in [0.29, 0.717) is 5.69 Å². The van der Waals surface area contributed by atoms with Gasteiger partial charge in [0.1, 0.15) is 12.4 Å². The molecule has 3 N–H and O–H groups in total. The van der Waals surface area contributed by atoms with E-state index in [-0.39, 0.29) is 24.5 Å². The van der Waals surface area contributed by atoms with Crippen molar-refractivity contribution in [1.29, 1.82) is 0 Å². The van der Waals surface area contributed by atoms with Crippen LogP contribution in [0.1, 0.15) is 42.8 Å². The molecule has 2 aromatic carbocycles. The number of imidazole rings is 1. The quantitative estimate of drug-likeness (QED) is 0.443. The van der Waals surface area contributed by atoms with Crippen molar-refractivity contribution < 1.29 is 19.1 Å². The van der Waals surface area contributed by atoms with Gasteiger partial charge in [-0.15, -0.1) is 0 Å². The van der Waals surface area contributed by atoms with E-state index in [1.165, 1.54) is 24.2 Å². The third-order valence-corrected chi connectivity index (χ3v) is 5.36. The zero-order valence-corrected chi connectivity index (χ0v) is 19.4. The number of nitrogens with one attached hydrogen (secondary N) is 3. The largest absolute Gasteiger partial charge is 0.467 e. The monoisotopic (exact) mass is 463 g/mol. The maximum atomic E-state index is 12.6. The molecule has 1 aromatic heterocycles. The number of ether oxygens (including phenoxy) is 1. The number of hydrogen-bond donors (Lipinski definition) is 3. The smallest absolute Gasteiger partial charge is 0.328 e. The van der Waals surface area contributed by atoms with Crippen molar-refractivity contribution >= 4 is 18.0 Å². The van der Waals surface area contributed by atoms with E-state index < -0.39 is 18.0 Å². The van der Waals surface area contributed by atoms with Crippen LogP contribution in [0.15, 0.2) is 73.2 Å². The van der Waals surface area contributed by atoms with Gasteiger partial charge in [0.25, 0.3) is 0 Å². The number of carbonyl (C=O) groups excluding carboxylic acids is 3. The first-order valence-electron chi connectivity index (χ1n) is 11.0. The summed E-state index contributed by atoms with van der Waals surface area (Å²) < 4.78 is 6.14. The van der Waals surface area contributed by atoms with Gasteiger partial charge in [0.05, 0.1) is 24.9 Å². The predicted octanol–water partition coefficient (Wildman–Crippen LogP) is 3.35. The van der Waals surface area contributed by atoms with E-state index in [9.17, 15) is 14.4 Å². The number of carbonyl (C=O) groups is 3. The Bertz CT molecular complexity index is 1100. The summed E-state index contributed by atoms with van der Waals surface area (Å²) in [5.41, 5.74) is 2.36. The number of nitrogens with zero attached hydrogens (tertiary/aromatic N) is 2. The van der Waals surface area contributed by atoms with Gasteiger partial charge in [-0.1, -0.05) is 60.7 Å². The maximum Gasteiger partial charge on any atom is 0.328 e. The molecule has 178 valence electrons. The molecule has 9 nitrogen and oxygen atoms in total. The van der Waals surface area contributed by atoms with Crippen molar-refractivity contribution in [3.05, 3.63) is 90.0 Å². The number of esters is 1. The summed E-state index contributed by atoms with van der Waals surface area (Å²) in [6.07, 6.45) is 2.96. The van der Waals surface area contributed by atoms with Gasteiger partial charge < -0.3 is 20.7 Å². The normalized spacial score (nSPS) is 13.3. The molecular formula is C25H29N5O4. The second-order valence-corrected chi connectivity index (χ2v) is 7.88. The Hall–Kier alpha value is -4.14. The first-order valence-corrected chi connectivity index (χ1v) is 11.0. The fourth-order valence-corrected chi connectivity index (χ4v) is 3.43. The highest BCUT2D eigenvalue weighted by molar-refractivity contribution is 5.84. The van der Waals surface area contributed by atoms with E-state index in [4.69, 9.17) is 4.74 Å². The van der Waals surface area contributed by atoms with E-state index in [1.807, 2.05) is 74.5 Å². The molecule has 0 aliphatic carbocycles.